The van der Waals surface area contributed by atoms with Crippen molar-refractivity contribution in [3.63, 3.8) is 0 Å². The standard InChI is InChI=1S/C22H30N4O/c1-15-10-12-26(13-11-15)20-14-19(23-16(2)24-20)21(27)25-18-9-7-6-8-17(18)22(3,4)5/h6-9,14-15H,10-13H2,1-5H3,(H,25,27). The predicted molar refractivity (Wildman–Crippen MR) is 110 cm³/mol. The largest absolute Gasteiger partial charge is 0.356 e. The van der Waals surface area contributed by atoms with Crippen molar-refractivity contribution in [3.8, 4) is 0 Å². The van der Waals surface area contributed by atoms with Crippen molar-refractivity contribution >= 4 is 17.4 Å². The topological polar surface area (TPSA) is 58.1 Å². The van der Waals surface area contributed by atoms with E-state index in [1.807, 2.05) is 31.2 Å². The molecule has 1 fully saturated rings. The molecule has 5 nitrogen and oxygen atoms in total. The fraction of sp³-hybridized carbons (Fsp3) is 0.500. The maximum atomic E-state index is 12.9. The molecule has 0 unspecified atom stereocenters. The molecule has 1 aliphatic rings. The zero-order chi connectivity index (χ0) is 19.6. The Labute approximate surface area is 162 Å². The Morgan fingerprint density at radius 2 is 1.81 bits per heavy atom. The van der Waals surface area contributed by atoms with E-state index in [1.165, 1.54) is 0 Å². The van der Waals surface area contributed by atoms with Crippen molar-refractivity contribution < 1.29 is 4.79 Å². The van der Waals surface area contributed by atoms with Crippen LogP contribution in [0.3, 0.4) is 0 Å². The number of amides is 1. The number of anilines is 2. The Kier molecular flexibility index (Phi) is 5.49. The molecule has 2 aromatic rings. The highest BCUT2D eigenvalue weighted by Gasteiger charge is 2.22. The summed E-state index contributed by atoms with van der Waals surface area (Å²) in [5, 5.41) is 3.05. The lowest BCUT2D eigenvalue weighted by Gasteiger charge is -2.31. The number of nitrogens with zero attached hydrogens (tertiary/aromatic N) is 3. The molecule has 2 heterocycles. The van der Waals surface area contributed by atoms with Crippen LogP contribution < -0.4 is 10.2 Å². The van der Waals surface area contributed by atoms with E-state index in [-0.39, 0.29) is 11.3 Å². The van der Waals surface area contributed by atoms with Crippen molar-refractivity contribution in [1.29, 1.82) is 0 Å². The molecular formula is C22H30N4O. The first-order valence-corrected chi connectivity index (χ1v) is 9.75. The van der Waals surface area contributed by atoms with Gasteiger partial charge in [-0.05, 0) is 42.7 Å². The normalized spacial score (nSPS) is 15.7. The lowest BCUT2D eigenvalue weighted by atomic mass is 9.86. The monoisotopic (exact) mass is 366 g/mol. The van der Waals surface area contributed by atoms with Crippen LogP contribution in [0.1, 0.15) is 62.4 Å². The van der Waals surface area contributed by atoms with E-state index in [1.54, 1.807) is 0 Å². The van der Waals surface area contributed by atoms with E-state index in [4.69, 9.17) is 0 Å². The molecule has 1 N–H and O–H groups in total. The number of hydrogen-bond acceptors (Lipinski definition) is 4. The minimum atomic E-state index is -0.191. The van der Waals surface area contributed by atoms with Gasteiger partial charge in [-0.2, -0.15) is 0 Å². The average molecular weight is 367 g/mol. The molecule has 0 radical (unpaired) electrons. The molecule has 0 saturated carbocycles. The van der Waals surface area contributed by atoms with Crippen LogP contribution in [0, 0.1) is 12.8 Å². The second kappa shape index (κ2) is 7.67. The number of nitrogens with one attached hydrogen (secondary N) is 1. The molecule has 1 aliphatic heterocycles. The van der Waals surface area contributed by atoms with E-state index in [0.29, 0.717) is 11.5 Å². The van der Waals surface area contributed by atoms with Gasteiger partial charge in [0.2, 0.25) is 0 Å². The van der Waals surface area contributed by atoms with Gasteiger partial charge in [-0.3, -0.25) is 4.79 Å². The summed E-state index contributed by atoms with van der Waals surface area (Å²) < 4.78 is 0. The number of aromatic nitrogens is 2. The Morgan fingerprint density at radius 3 is 2.48 bits per heavy atom. The molecule has 0 spiro atoms. The number of carbonyl (C=O) groups is 1. The summed E-state index contributed by atoms with van der Waals surface area (Å²) in [7, 11) is 0. The third-order valence-electron chi connectivity index (χ3n) is 5.15. The van der Waals surface area contributed by atoms with Crippen LogP contribution in [0.5, 0.6) is 0 Å². The molecule has 5 heteroatoms. The number of aryl methyl sites for hydroxylation is 1. The Bertz CT molecular complexity index is 817. The molecule has 0 bridgehead atoms. The number of hydrogen-bond donors (Lipinski definition) is 1. The quantitative estimate of drug-likeness (QED) is 0.864. The Morgan fingerprint density at radius 1 is 1.15 bits per heavy atom. The fourth-order valence-electron chi connectivity index (χ4n) is 3.50. The number of rotatable bonds is 3. The van der Waals surface area contributed by atoms with E-state index in [2.05, 4.69) is 53.9 Å². The van der Waals surface area contributed by atoms with Gasteiger partial charge in [0.1, 0.15) is 17.3 Å². The summed E-state index contributed by atoms with van der Waals surface area (Å²) in [6.07, 6.45) is 2.31. The van der Waals surface area contributed by atoms with Gasteiger partial charge in [0.25, 0.3) is 5.91 Å². The van der Waals surface area contributed by atoms with Crippen LogP contribution in [0.15, 0.2) is 30.3 Å². The van der Waals surface area contributed by atoms with Crippen LogP contribution in [0.4, 0.5) is 11.5 Å². The molecule has 144 valence electrons. The van der Waals surface area contributed by atoms with E-state index in [0.717, 1.165) is 48.9 Å². The van der Waals surface area contributed by atoms with Crippen molar-refractivity contribution in [2.75, 3.05) is 23.3 Å². The second-order valence-corrected chi connectivity index (χ2v) is 8.58. The molecule has 0 atom stereocenters. The molecule has 1 aromatic heterocycles. The first-order chi connectivity index (χ1) is 12.7. The van der Waals surface area contributed by atoms with Crippen LogP contribution in [-0.2, 0) is 5.41 Å². The third kappa shape index (κ3) is 4.65. The molecule has 1 saturated heterocycles. The minimum absolute atomic E-state index is 0.0544. The molecule has 27 heavy (non-hydrogen) atoms. The van der Waals surface area contributed by atoms with Gasteiger partial charge in [0.15, 0.2) is 0 Å². The third-order valence-corrected chi connectivity index (χ3v) is 5.15. The Hall–Kier alpha value is -2.43. The fourth-order valence-corrected chi connectivity index (χ4v) is 3.50. The smallest absolute Gasteiger partial charge is 0.274 e. The first-order valence-electron chi connectivity index (χ1n) is 9.75. The lowest BCUT2D eigenvalue weighted by Crippen LogP contribution is -2.34. The summed E-state index contributed by atoms with van der Waals surface area (Å²) in [6.45, 7) is 12.5. The second-order valence-electron chi connectivity index (χ2n) is 8.58. The van der Waals surface area contributed by atoms with Gasteiger partial charge in [0.05, 0.1) is 0 Å². The van der Waals surface area contributed by atoms with Gasteiger partial charge in [-0.25, -0.2) is 9.97 Å². The number of piperidine rings is 1. The number of para-hydroxylation sites is 1. The molecule has 3 rings (SSSR count). The van der Waals surface area contributed by atoms with Crippen LogP contribution >= 0.6 is 0 Å². The summed E-state index contributed by atoms with van der Waals surface area (Å²) in [6, 6.07) is 9.76. The minimum Gasteiger partial charge on any atom is -0.356 e. The zero-order valence-electron chi connectivity index (χ0n) is 17.0. The highest BCUT2D eigenvalue weighted by molar-refractivity contribution is 6.03. The zero-order valence-corrected chi connectivity index (χ0v) is 17.0. The molecule has 1 aromatic carbocycles. The van der Waals surface area contributed by atoms with Gasteiger partial charge >= 0.3 is 0 Å². The number of carbonyl (C=O) groups excluding carboxylic acids is 1. The van der Waals surface area contributed by atoms with Crippen molar-refractivity contribution in [3.05, 3.63) is 47.4 Å². The van der Waals surface area contributed by atoms with Crippen molar-refractivity contribution in [2.45, 2.75) is 52.9 Å². The first kappa shape index (κ1) is 19.3. The molecular weight excluding hydrogens is 336 g/mol. The van der Waals surface area contributed by atoms with E-state index in [9.17, 15) is 4.79 Å². The van der Waals surface area contributed by atoms with Gasteiger partial charge in [-0.15, -0.1) is 0 Å². The Balaban J connectivity index is 1.84. The maximum absolute atomic E-state index is 12.9. The summed E-state index contributed by atoms with van der Waals surface area (Å²) in [5.41, 5.74) is 2.30. The molecule has 0 aliphatic carbocycles. The molecule has 1 amide bonds. The number of benzene rings is 1. The van der Waals surface area contributed by atoms with Gasteiger partial charge in [0, 0.05) is 24.8 Å². The van der Waals surface area contributed by atoms with Crippen LogP contribution in [-0.4, -0.2) is 29.0 Å². The van der Waals surface area contributed by atoms with Crippen molar-refractivity contribution in [2.24, 2.45) is 5.92 Å². The van der Waals surface area contributed by atoms with Gasteiger partial charge in [-0.1, -0.05) is 45.9 Å². The van der Waals surface area contributed by atoms with E-state index < -0.39 is 0 Å². The summed E-state index contributed by atoms with van der Waals surface area (Å²) >= 11 is 0. The average Bonchev–Trinajstić information content (AvgIpc) is 2.61. The van der Waals surface area contributed by atoms with Crippen LogP contribution in [0.2, 0.25) is 0 Å². The highest BCUT2D eigenvalue weighted by Crippen LogP contribution is 2.29. The lowest BCUT2D eigenvalue weighted by molar-refractivity contribution is 0.102. The maximum Gasteiger partial charge on any atom is 0.274 e. The van der Waals surface area contributed by atoms with Gasteiger partial charge < -0.3 is 10.2 Å². The highest BCUT2D eigenvalue weighted by atomic mass is 16.1. The van der Waals surface area contributed by atoms with Crippen molar-refractivity contribution in [1.82, 2.24) is 9.97 Å². The predicted octanol–water partition coefficient (Wildman–Crippen LogP) is 4.57. The summed E-state index contributed by atoms with van der Waals surface area (Å²) in [5.74, 6) is 2.04. The summed E-state index contributed by atoms with van der Waals surface area (Å²) in [4.78, 5) is 24.1. The SMILES string of the molecule is Cc1nc(C(=O)Nc2ccccc2C(C)(C)C)cc(N2CCC(C)CC2)n1. The van der Waals surface area contributed by atoms with Crippen LogP contribution in [0.25, 0.3) is 0 Å². The van der Waals surface area contributed by atoms with E-state index >= 15 is 0 Å².